The monoisotopic (exact) mass is 643 g/mol. The molecule has 0 unspecified atom stereocenters. The molecule has 0 saturated carbocycles. The number of hydrogen-bond acceptors (Lipinski definition) is 3. The normalized spacial score (nSPS) is 11.7. The molecule has 0 amide bonds. The van der Waals surface area contributed by atoms with E-state index < -0.39 is 0 Å². The van der Waals surface area contributed by atoms with Crippen LogP contribution in [0.5, 0.6) is 0 Å². The van der Waals surface area contributed by atoms with Gasteiger partial charge in [0.05, 0.1) is 16.8 Å². The van der Waals surface area contributed by atoms with Crippen LogP contribution >= 0.6 is 11.3 Å². The predicted molar refractivity (Wildman–Crippen MR) is 210 cm³/mol. The minimum absolute atomic E-state index is 0.874. The van der Waals surface area contributed by atoms with Gasteiger partial charge in [0.2, 0.25) is 0 Å². The molecule has 0 fully saturated rings. The van der Waals surface area contributed by atoms with Crippen molar-refractivity contribution >= 4 is 81.3 Å². The number of hydrogen-bond donors (Lipinski definition) is 0. The highest BCUT2D eigenvalue weighted by Gasteiger charge is 2.22. The van der Waals surface area contributed by atoms with Gasteiger partial charge in [0.1, 0.15) is 11.2 Å². The van der Waals surface area contributed by atoms with Crippen LogP contribution in [0.3, 0.4) is 0 Å². The minimum Gasteiger partial charge on any atom is -0.455 e. The van der Waals surface area contributed by atoms with Gasteiger partial charge >= 0.3 is 0 Å². The molecule has 0 aliphatic heterocycles. The average Bonchev–Trinajstić information content (AvgIpc) is 3.75. The summed E-state index contributed by atoms with van der Waals surface area (Å²) in [5, 5.41) is 7.14. The van der Waals surface area contributed by atoms with Gasteiger partial charge in [-0.2, -0.15) is 0 Å². The molecule has 0 aliphatic rings. The van der Waals surface area contributed by atoms with Gasteiger partial charge in [-0.15, -0.1) is 11.3 Å². The van der Waals surface area contributed by atoms with Crippen LogP contribution in [0.2, 0.25) is 0 Å². The number of fused-ring (bicyclic) bond motifs is 8. The van der Waals surface area contributed by atoms with E-state index in [1.54, 1.807) is 0 Å². The van der Waals surface area contributed by atoms with Crippen molar-refractivity contribution in [3.63, 3.8) is 0 Å². The van der Waals surface area contributed by atoms with Crippen LogP contribution in [0.25, 0.3) is 75.1 Å². The van der Waals surface area contributed by atoms with E-state index in [4.69, 9.17) is 4.42 Å². The summed E-state index contributed by atoms with van der Waals surface area (Å²) < 4.78 is 9.30. The predicted octanol–water partition coefficient (Wildman–Crippen LogP) is 13.9. The summed E-state index contributed by atoms with van der Waals surface area (Å²) in [7, 11) is 0. The largest absolute Gasteiger partial charge is 0.455 e. The number of rotatable bonds is 5. The Morgan fingerprint density at radius 2 is 1.10 bits per heavy atom. The standard InChI is InChI=1S/C46H29NOS/c1-2-12-30(13-3-1)34-15-6-8-20-40(34)47(41-21-11-22-42-44(41)39-29-26-31-14-4-5-16-35(31)45(39)48-42)33-27-24-32(25-28-33)36-18-10-19-38-37-17-7-9-23-43(37)49-46(36)38/h1-29H. The van der Waals surface area contributed by atoms with Crippen LogP contribution in [0.15, 0.2) is 180 Å². The Morgan fingerprint density at radius 3 is 2.00 bits per heavy atom. The van der Waals surface area contributed by atoms with E-state index in [0.29, 0.717) is 0 Å². The van der Waals surface area contributed by atoms with Crippen molar-refractivity contribution in [2.75, 3.05) is 4.90 Å². The lowest BCUT2D eigenvalue weighted by Crippen LogP contribution is -2.11. The Morgan fingerprint density at radius 1 is 0.429 bits per heavy atom. The Bertz CT molecular complexity index is 2830. The first-order valence-corrected chi connectivity index (χ1v) is 17.4. The molecular weight excluding hydrogens is 615 g/mol. The third-order valence-corrected chi connectivity index (χ3v) is 10.9. The summed E-state index contributed by atoms with van der Waals surface area (Å²) in [5.41, 5.74) is 9.86. The van der Waals surface area contributed by atoms with Gasteiger partial charge in [0, 0.05) is 42.2 Å². The topological polar surface area (TPSA) is 16.4 Å². The molecule has 10 aromatic rings. The molecule has 230 valence electrons. The SMILES string of the molecule is c1ccc(-c2ccccc2N(c2ccc(-c3cccc4c3sc3ccccc34)cc2)c2cccc3oc4c5ccccc5ccc4c23)cc1. The maximum absolute atomic E-state index is 6.66. The average molecular weight is 644 g/mol. The van der Waals surface area contributed by atoms with Crippen molar-refractivity contribution in [1.29, 1.82) is 0 Å². The van der Waals surface area contributed by atoms with Gasteiger partial charge in [0.15, 0.2) is 0 Å². The second-order valence-corrected chi connectivity index (χ2v) is 13.5. The summed E-state index contributed by atoms with van der Waals surface area (Å²) >= 11 is 1.87. The smallest absolute Gasteiger partial charge is 0.143 e. The molecule has 2 nitrogen and oxygen atoms in total. The Kier molecular flexibility index (Phi) is 6.39. The highest BCUT2D eigenvalue weighted by molar-refractivity contribution is 7.26. The minimum atomic E-state index is 0.874. The second kappa shape index (κ2) is 11.2. The van der Waals surface area contributed by atoms with Gasteiger partial charge in [-0.25, -0.2) is 0 Å². The van der Waals surface area contributed by atoms with E-state index in [1.165, 1.54) is 42.2 Å². The van der Waals surface area contributed by atoms with Crippen LogP contribution in [0.1, 0.15) is 0 Å². The molecule has 0 bridgehead atoms. The van der Waals surface area contributed by atoms with Crippen molar-refractivity contribution in [1.82, 2.24) is 0 Å². The molecule has 0 saturated heterocycles. The zero-order valence-corrected chi connectivity index (χ0v) is 27.3. The first-order valence-electron chi connectivity index (χ1n) is 16.6. The lowest BCUT2D eigenvalue weighted by atomic mass is 9.99. The van der Waals surface area contributed by atoms with Crippen LogP contribution in [-0.4, -0.2) is 0 Å². The summed E-state index contributed by atoms with van der Waals surface area (Å²) in [6.07, 6.45) is 0. The highest BCUT2D eigenvalue weighted by Crippen LogP contribution is 2.47. The van der Waals surface area contributed by atoms with Gasteiger partial charge < -0.3 is 9.32 Å². The van der Waals surface area contributed by atoms with Gasteiger partial charge in [-0.05, 0) is 64.5 Å². The highest BCUT2D eigenvalue weighted by atomic mass is 32.1. The lowest BCUT2D eigenvalue weighted by molar-refractivity contribution is 0.672. The first-order chi connectivity index (χ1) is 24.3. The molecular formula is C46H29NOS. The molecule has 3 heteroatoms. The molecule has 0 aliphatic carbocycles. The van der Waals surface area contributed by atoms with E-state index in [-0.39, 0.29) is 0 Å². The van der Waals surface area contributed by atoms with Crippen LogP contribution in [-0.2, 0) is 0 Å². The van der Waals surface area contributed by atoms with Crippen LogP contribution < -0.4 is 4.90 Å². The third-order valence-electron chi connectivity index (χ3n) is 9.68. The summed E-state index contributed by atoms with van der Waals surface area (Å²) in [6.45, 7) is 0. The number of para-hydroxylation sites is 1. The fourth-order valence-electron chi connectivity index (χ4n) is 7.42. The van der Waals surface area contributed by atoms with Crippen molar-refractivity contribution in [2.24, 2.45) is 0 Å². The van der Waals surface area contributed by atoms with E-state index in [0.717, 1.165) is 50.0 Å². The number of anilines is 3. The van der Waals surface area contributed by atoms with Gasteiger partial charge in [-0.3, -0.25) is 0 Å². The molecule has 0 radical (unpaired) electrons. The number of nitrogens with zero attached hydrogens (tertiary/aromatic N) is 1. The molecule has 8 aromatic carbocycles. The van der Waals surface area contributed by atoms with E-state index in [1.807, 2.05) is 11.3 Å². The first kappa shape index (κ1) is 27.9. The Balaban J connectivity index is 1.20. The van der Waals surface area contributed by atoms with E-state index >= 15 is 0 Å². The summed E-state index contributed by atoms with van der Waals surface area (Å²) in [6, 6.07) is 63.1. The fraction of sp³-hybridized carbons (Fsp3) is 0. The number of furan rings is 1. The molecule has 2 heterocycles. The summed E-state index contributed by atoms with van der Waals surface area (Å²) in [5.74, 6) is 0. The molecule has 0 spiro atoms. The Hall–Kier alpha value is -6.16. The lowest BCUT2D eigenvalue weighted by Gasteiger charge is -2.28. The maximum Gasteiger partial charge on any atom is 0.143 e. The quantitative estimate of drug-likeness (QED) is 0.186. The number of benzene rings is 8. The van der Waals surface area contributed by atoms with Crippen LogP contribution in [0.4, 0.5) is 17.1 Å². The fourth-order valence-corrected chi connectivity index (χ4v) is 8.66. The van der Waals surface area contributed by atoms with Gasteiger partial charge in [0.25, 0.3) is 0 Å². The zero-order chi connectivity index (χ0) is 32.3. The zero-order valence-electron chi connectivity index (χ0n) is 26.5. The van der Waals surface area contributed by atoms with E-state index in [2.05, 4.69) is 181 Å². The second-order valence-electron chi connectivity index (χ2n) is 12.5. The molecule has 2 aromatic heterocycles. The van der Waals surface area contributed by atoms with Crippen molar-refractivity contribution in [3.05, 3.63) is 176 Å². The summed E-state index contributed by atoms with van der Waals surface area (Å²) in [4.78, 5) is 2.40. The van der Waals surface area contributed by atoms with Gasteiger partial charge in [-0.1, -0.05) is 133 Å². The molecule has 49 heavy (non-hydrogen) atoms. The van der Waals surface area contributed by atoms with Crippen LogP contribution in [0, 0.1) is 0 Å². The van der Waals surface area contributed by atoms with Crippen molar-refractivity contribution in [2.45, 2.75) is 0 Å². The molecule has 0 atom stereocenters. The van der Waals surface area contributed by atoms with Crippen molar-refractivity contribution < 1.29 is 4.42 Å². The molecule has 10 rings (SSSR count). The maximum atomic E-state index is 6.66. The number of thiophene rings is 1. The van der Waals surface area contributed by atoms with Crippen molar-refractivity contribution in [3.8, 4) is 22.3 Å². The third kappa shape index (κ3) is 4.47. The Labute approximate surface area is 287 Å². The molecule has 0 N–H and O–H groups in total. The van der Waals surface area contributed by atoms with E-state index in [9.17, 15) is 0 Å².